The van der Waals surface area contributed by atoms with Crippen LogP contribution in [0, 0.1) is 0 Å². The topological polar surface area (TPSA) is 178 Å². The number of methoxy groups -OCH3 is 4. The molecule has 1 aliphatic carbocycles. The summed E-state index contributed by atoms with van der Waals surface area (Å²) in [5.74, 6) is -0.537. The molecule has 0 aliphatic heterocycles. The molecule has 13 heteroatoms. The molecule has 5 aromatic carbocycles. The van der Waals surface area contributed by atoms with Crippen molar-refractivity contribution in [1.82, 2.24) is 0 Å². The average molecular weight is 678 g/mol. The quantitative estimate of drug-likeness (QED) is 0.0551. The highest BCUT2D eigenvalue weighted by Gasteiger charge is 2.35. The SMILES string of the molecule is COc1c(O)c2c(=O)cc(OC)c3c4c(OC)cc(=O)c5c(O)c(OC)c6c(c(c1CC(C)=C6C(C)=NCCCCCS(=O)(=O)O)c23)c54. The number of hydrogen-bond acceptors (Lipinski definition) is 11. The smallest absolute Gasteiger partial charge is 0.264 e. The van der Waals surface area contributed by atoms with Crippen LogP contribution in [0.15, 0.2) is 32.3 Å². The van der Waals surface area contributed by atoms with E-state index in [4.69, 9.17) is 28.5 Å². The molecule has 1 aliphatic rings. The van der Waals surface area contributed by atoms with Gasteiger partial charge in [0.15, 0.2) is 33.9 Å². The van der Waals surface area contributed by atoms with Crippen molar-refractivity contribution in [2.45, 2.75) is 39.5 Å². The maximum Gasteiger partial charge on any atom is 0.264 e. The zero-order valence-corrected chi connectivity index (χ0v) is 28.2. The third kappa shape index (κ3) is 4.83. The maximum absolute atomic E-state index is 13.8. The predicted octanol–water partition coefficient (Wildman–Crippen LogP) is 5.19. The van der Waals surface area contributed by atoms with Gasteiger partial charge in [-0.2, -0.15) is 8.42 Å². The van der Waals surface area contributed by atoms with E-state index >= 15 is 0 Å². The van der Waals surface area contributed by atoms with Crippen molar-refractivity contribution in [2.75, 3.05) is 40.7 Å². The number of nitrogens with zero attached hydrogens (tertiary/aromatic N) is 1. The summed E-state index contributed by atoms with van der Waals surface area (Å²) < 4.78 is 54.4. The van der Waals surface area contributed by atoms with E-state index in [2.05, 4.69) is 0 Å². The van der Waals surface area contributed by atoms with Crippen LogP contribution in [0.1, 0.15) is 44.2 Å². The van der Waals surface area contributed by atoms with Crippen LogP contribution in [0.2, 0.25) is 0 Å². The molecule has 12 nitrogen and oxygen atoms in total. The molecular formula is C35H35NO11S. The van der Waals surface area contributed by atoms with Crippen LogP contribution in [-0.2, 0) is 16.5 Å². The van der Waals surface area contributed by atoms with E-state index in [1.165, 1.54) is 40.6 Å². The average Bonchev–Trinajstić information content (AvgIpc) is 3.16. The zero-order valence-electron chi connectivity index (χ0n) is 27.4. The van der Waals surface area contributed by atoms with E-state index in [0.717, 1.165) is 5.57 Å². The molecule has 5 aromatic rings. The summed E-state index contributed by atoms with van der Waals surface area (Å²) in [6.45, 7) is 4.04. The van der Waals surface area contributed by atoms with E-state index in [9.17, 15) is 28.2 Å². The van der Waals surface area contributed by atoms with Crippen LogP contribution in [0.25, 0.3) is 48.7 Å². The summed E-state index contributed by atoms with van der Waals surface area (Å²) in [5, 5.41) is 26.0. The van der Waals surface area contributed by atoms with Gasteiger partial charge in [0, 0.05) is 68.0 Å². The minimum absolute atomic E-state index is 0.00262. The second-order valence-electron chi connectivity index (χ2n) is 11.9. The van der Waals surface area contributed by atoms with Gasteiger partial charge in [0.25, 0.3) is 10.1 Å². The first-order valence-electron chi connectivity index (χ1n) is 15.3. The number of benzene rings is 5. The van der Waals surface area contributed by atoms with E-state index in [0.29, 0.717) is 74.1 Å². The standard InChI is InChI=1S/C35H35NO11S/c1-15-12-17-23-28-24(32(39)34(17)46-5)18(37)13-20(44-3)26(28)27-21(45-4)14-19(38)25-30(27)29(23)31(35(47-6)33(25)40)22(15)16(2)36-10-8-7-9-11-48(41,42)43/h13-14,39-40H,7-12H2,1-6H3,(H,41,42,43). The van der Waals surface area contributed by atoms with Gasteiger partial charge in [0.1, 0.15) is 11.5 Å². The number of aliphatic imine (C=N–C) groups is 1. The highest BCUT2D eigenvalue weighted by Crippen LogP contribution is 2.58. The number of hydrogen-bond donors (Lipinski definition) is 3. The van der Waals surface area contributed by atoms with Crippen molar-refractivity contribution in [1.29, 1.82) is 0 Å². The first-order valence-corrected chi connectivity index (χ1v) is 16.9. The van der Waals surface area contributed by atoms with Gasteiger partial charge in [-0.3, -0.25) is 19.1 Å². The number of aromatic hydroxyl groups is 2. The Balaban J connectivity index is 1.82. The van der Waals surface area contributed by atoms with E-state index in [1.54, 1.807) is 0 Å². The Hall–Kier alpha value is -4.88. The van der Waals surface area contributed by atoms with Gasteiger partial charge in [-0.15, -0.1) is 0 Å². The third-order valence-corrected chi connectivity index (χ3v) is 10.0. The molecule has 252 valence electrons. The normalized spacial score (nSPS) is 13.8. The van der Waals surface area contributed by atoms with Gasteiger partial charge in [-0.05, 0) is 38.5 Å². The molecule has 0 amide bonds. The van der Waals surface area contributed by atoms with Gasteiger partial charge >= 0.3 is 0 Å². The molecule has 0 atom stereocenters. The minimum atomic E-state index is -4.05. The van der Waals surface area contributed by atoms with Crippen LogP contribution >= 0.6 is 0 Å². The molecule has 48 heavy (non-hydrogen) atoms. The lowest BCUT2D eigenvalue weighted by Crippen LogP contribution is -2.10. The molecule has 0 radical (unpaired) electrons. The largest absolute Gasteiger partial charge is 0.504 e. The van der Waals surface area contributed by atoms with Gasteiger partial charge in [-0.1, -0.05) is 12.0 Å². The number of allylic oxidation sites excluding steroid dienone is 2. The summed E-state index contributed by atoms with van der Waals surface area (Å²) in [6.07, 6.45) is 1.58. The monoisotopic (exact) mass is 677 g/mol. The van der Waals surface area contributed by atoms with Gasteiger partial charge in [-0.25, -0.2) is 0 Å². The number of phenols is 2. The summed E-state index contributed by atoms with van der Waals surface area (Å²) >= 11 is 0. The molecule has 0 unspecified atom stereocenters. The van der Waals surface area contributed by atoms with E-state index in [-0.39, 0.29) is 63.9 Å². The van der Waals surface area contributed by atoms with Gasteiger partial charge < -0.3 is 29.2 Å². The van der Waals surface area contributed by atoms with Gasteiger partial charge in [0.05, 0.1) is 45.0 Å². The number of ether oxygens (including phenoxy) is 4. The lowest BCUT2D eigenvalue weighted by molar-refractivity contribution is 0.373. The fraction of sp³-hybridized carbons (Fsp3) is 0.343. The summed E-state index contributed by atoms with van der Waals surface area (Å²) in [4.78, 5) is 32.3. The van der Waals surface area contributed by atoms with Crippen molar-refractivity contribution in [2.24, 2.45) is 4.99 Å². The Labute approximate surface area is 275 Å². The first-order chi connectivity index (χ1) is 22.8. The Morgan fingerprint density at radius 2 is 1.29 bits per heavy atom. The fourth-order valence-corrected chi connectivity index (χ4v) is 7.93. The number of rotatable bonds is 11. The van der Waals surface area contributed by atoms with Crippen LogP contribution < -0.4 is 29.8 Å². The molecule has 0 aromatic heterocycles. The Morgan fingerprint density at radius 3 is 1.81 bits per heavy atom. The van der Waals surface area contributed by atoms with Crippen LogP contribution in [0.4, 0.5) is 0 Å². The second-order valence-corrected chi connectivity index (χ2v) is 13.5. The lowest BCUT2D eigenvalue weighted by Gasteiger charge is -2.24. The maximum atomic E-state index is 13.8. The van der Waals surface area contributed by atoms with Crippen molar-refractivity contribution in [3.63, 3.8) is 0 Å². The van der Waals surface area contributed by atoms with Crippen molar-refractivity contribution in [3.05, 3.63) is 49.3 Å². The first kappa shape index (κ1) is 33.0. The van der Waals surface area contributed by atoms with Crippen LogP contribution in [0.3, 0.4) is 0 Å². The van der Waals surface area contributed by atoms with Crippen molar-refractivity contribution >= 4 is 64.5 Å². The number of phenolic OH excluding ortho intramolecular Hbond substituents is 2. The lowest BCUT2D eigenvalue weighted by atomic mass is 9.82. The second kappa shape index (κ2) is 12.0. The molecule has 0 saturated heterocycles. The Bertz CT molecular complexity index is 2450. The van der Waals surface area contributed by atoms with E-state index < -0.39 is 21.0 Å². The molecule has 6 rings (SSSR count). The molecule has 0 fully saturated rings. The molecule has 0 bridgehead atoms. The Morgan fingerprint density at radius 1 is 0.750 bits per heavy atom. The third-order valence-electron chi connectivity index (χ3n) is 9.20. The molecule has 0 saturated carbocycles. The summed E-state index contributed by atoms with van der Waals surface area (Å²) in [7, 11) is 1.58. The highest BCUT2D eigenvalue weighted by atomic mass is 32.2. The molecule has 3 N–H and O–H groups in total. The van der Waals surface area contributed by atoms with Crippen molar-refractivity contribution < 1.29 is 42.1 Å². The highest BCUT2D eigenvalue weighted by molar-refractivity contribution is 7.85. The zero-order chi connectivity index (χ0) is 34.8. The summed E-state index contributed by atoms with van der Waals surface area (Å²) in [5.41, 5.74) is 1.95. The number of fused-ring (bicyclic) bond motifs is 1. The molecule has 0 heterocycles. The Kier molecular flexibility index (Phi) is 8.24. The molecule has 0 spiro atoms. The predicted molar refractivity (Wildman–Crippen MR) is 185 cm³/mol. The number of unbranched alkanes of at least 4 members (excludes halogenated alkanes) is 2. The van der Waals surface area contributed by atoms with E-state index in [1.807, 2.05) is 13.8 Å². The van der Waals surface area contributed by atoms with Gasteiger partial charge in [0.2, 0.25) is 0 Å². The van der Waals surface area contributed by atoms with Crippen molar-refractivity contribution in [3.8, 4) is 34.5 Å². The summed E-state index contributed by atoms with van der Waals surface area (Å²) in [6, 6.07) is 2.54. The van der Waals surface area contributed by atoms with Crippen LogP contribution in [-0.4, -0.2) is 69.6 Å². The fourth-order valence-electron chi connectivity index (χ4n) is 7.36. The minimum Gasteiger partial charge on any atom is -0.504 e. The molecular weight excluding hydrogens is 642 g/mol. The van der Waals surface area contributed by atoms with Crippen LogP contribution in [0.5, 0.6) is 34.5 Å².